The molecular weight excluding hydrogens is 413 g/mol. The van der Waals surface area contributed by atoms with Crippen LogP contribution in [0.2, 0.25) is 0 Å². The third-order valence-corrected chi connectivity index (χ3v) is 5.70. The zero-order valence-electron chi connectivity index (χ0n) is 12.8. The number of carbonyl (C=O) groups excluding carboxylic acids is 1. The molecule has 1 N–H and O–H groups in total. The second-order valence-electron chi connectivity index (χ2n) is 5.94. The van der Waals surface area contributed by atoms with Crippen molar-refractivity contribution in [3.8, 4) is 0 Å². The van der Waals surface area contributed by atoms with Crippen LogP contribution in [0, 0.1) is 10.5 Å². The number of rotatable bonds is 2. The first-order valence-electron chi connectivity index (χ1n) is 7.65. The number of amides is 1. The first-order chi connectivity index (χ1) is 10.1. The van der Waals surface area contributed by atoms with Crippen molar-refractivity contribution in [2.75, 3.05) is 39.3 Å². The molecule has 4 nitrogen and oxygen atoms in total. The Balaban J connectivity index is 0.00000176. The van der Waals surface area contributed by atoms with Crippen LogP contribution in [0.15, 0.2) is 18.2 Å². The molecule has 2 fully saturated rings. The van der Waals surface area contributed by atoms with Gasteiger partial charge in [-0.25, -0.2) is 0 Å². The molecule has 0 spiro atoms. The minimum atomic E-state index is 0. The van der Waals surface area contributed by atoms with E-state index in [1.165, 1.54) is 5.56 Å². The fraction of sp³-hybridized carbons (Fsp3) is 0.562. The van der Waals surface area contributed by atoms with E-state index >= 15 is 0 Å². The fourth-order valence-corrected chi connectivity index (χ4v) is 3.70. The fourth-order valence-electron chi connectivity index (χ4n) is 3.18. The van der Waals surface area contributed by atoms with Crippen LogP contribution in [0.4, 0.5) is 0 Å². The first kappa shape index (κ1) is 18.0. The summed E-state index contributed by atoms with van der Waals surface area (Å²) in [7, 11) is 0. The second kappa shape index (κ2) is 7.95. The molecule has 122 valence electrons. The number of likely N-dealkylation sites (tertiary alicyclic amines) is 1. The van der Waals surface area contributed by atoms with Crippen LogP contribution in [-0.2, 0) is 0 Å². The topological polar surface area (TPSA) is 35.6 Å². The van der Waals surface area contributed by atoms with Gasteiger partial charge in [0.25, 0.3) is 5.91 Å². The Morgan fingerprint density at radius 1 is 1.27 bits per heavy atom. The highest BCUT2D eigenvalue weighted by Crippen LogP contribution is 2.20. The van der Waals surface area contributed by atoms with Crippen LogP contribution < -0.4 is 5.32 Å². The minimum Gasteiger partial charge on any atom is -0.337 e. The highest BCUT2D eigenvalue weighted by molar-refractivity contribution is 14.1. The molecule has 2 aliphatic rings. The summed E-state index contributed by atoms with van der Waals surface area (Å²) >= 11 is 2.30. The van der Waals surface area contributed by atoms with Gasteiger partial charge in [-0.1, -0.05) is 6.07 Å². The van der Waals surface area contributed by atoms with Crippen molar-refractivity contribution in [2.45, 2.75) is 19.4 Å². The lowest BCUT2D eigenvalue weighted by atomic mass is 10.1. The van der Waals surface area contributed by atoms with E-state index in [1.807, 2.05) is 23.1 Å². The number of hydrogen-bond acceptors (Lipinski definition) is 3. The summed E-state index contributed by atoms with van der Waals surface area (Å²) in [5.41, 5.74) is 2.05. The lowest BCUT2D eigenvalue weighted by molar-refractivity contribution is 0.0773. The van der Waals surface area contributed by atoms with Gasteiger partial charge in [0.15, 0.2) is 0 Å². The Morgan fingerprint density at radius 3 is 2.68 bits per heavy atom. The van der Waals surface area contributed by atoms with E-state index in [4.69, 9.17) is 0 Å². The number of nitrogens with zero attached hydrogens (tertiary/aromatic N) is 2. The molecule has 0 aromatic heterocycles. The summed E-state index contributed by atoms with van der Waals surface area (Å²) in [6.07, 6.45) is 1.11. The van der Waals surface area contributed by atoms with Crippen molar-refractivity contribution in [3.05, 3.63) is 32.9 Å². The first-order valence-corrected chi connectivity index (χ1v) is 8.73. The van der Waals surface area contributed by atoms with Gasteiger partial charge >= 0.3 is 0 Å². The normalized spacial score (nSPS) is 22.5. The Bertz CT molecular complexity index is 534. The van der Waals surface area contributed by atoms with Crippen LogP contribution in [0.5, 0.6) is 0 Å². The molecule has 1 aromatic carbocycles. The molecule has 1 unspecified atom stereocenters. The molecule has 6 heteroatoms. The number of carbonyl (C=O) groups is 1. The number of aryl methyl sites for hydroxylation is 1. The number of halogens is 2. The maximum absolute atomic E-state index is 12.6. The van der Waals surface area contributed by atoms with Gasteiger partial charge in [0, 0.05) is 54.4 Å². The predicted molar refractivity (Wildman–Crippen MR) is 99.9 cm³/mol. The summed E-state index contributed by atoms with van der Waals surface area (Å²) in [6.45, 7) is 8.19. The summed E-state index contributed by atoms with van der Waals surface area (Å²) < 4.78 is 1.16. The van der Waals surface area contributed by atoms with Crippen LogP contribution in [-0.4, -0.2) is 61.0 Å². The minimum absolute atomic E-state index is 0. The van der Waals surface area contributed by atoms with Gasteiger partial charge in [-0.15, -0.1) is 12.4 Å². The standard InChI is InChI=1S/C16H22IN3O.ClH/c1-12-2-3-13(10-15(12)17)16(21)20-7-4-14(11-20)19-8-5-18-6-9-19;/h2-3,10,14,18H,4-9,11H2,1H3;1H. The summed E-state index contributed by atoms with van der Waals surface area (Å²) in [4.78, 5) is 17.2. The predicted octanol–water partition coefficient (Wildman–Crippen LogP) is 2.14. The van der Waals surface area contributed by atoms with Crippen LogP contribution in [0.3, 0.4) is 0 Å². The molecule has 0 bridgehead atoms. The van der Waals surface area contributed by atoms with E-state index in [-0.39, 0.29) is 18.3 Å². The van der Waals surface area contributed by atoms with Crippen LogP contribution in [0.25, 0.3) is 0 Å². The Kier molecular flexibility index (Phi) is 6.49. The Hall–Kier alpha value is -0.370. The third-order valence-electron chi connectivity index (χ3n) is 4.54. The number of hydrogen-bond donors (Lipinski definition) is 1. The van der Waals surface area contributed by atoms with Crippen molar-refractivity contribution in [2.24, 2.45) is 0 Å². The molecule has 0 radical (unpaired) electrons. The zero-order chi connectivity index (χ0) is 14.8. The molecule has 2 saturated heterocycles. The smallest absolute Gasteiger partial charge is 0.253 e. The van der Waals surface area contributed by atoms with E-state index < -0.39 is 0 Å². The van der Waals surface area contributed by atoms with Crippen molar-refractivity contribution in [1.29, 1.82) is 0 Å². The van der Waals surface area contributed by atoms with Gasteiger partial charge in [0.2, 0.25) is 0 Å². The van der Waals surface area contributed by atoms with E-state index in [0.29, 0.717) is 6.04 Å². The number of piperazine rings is 1. The monoisotopic (exact) mass is 435 g/mol. The lowest BCUT2D eigenvalue weighted by Crippen LogP contribution is -2.49. The maximum Gasteiger partial charge on any atom is 0.253 e. The molecule has 2 heterocycles. The van der Waals surface area contributed by atoms with Gasteiger partial charge in [-0.05, 0) is 53.6 Å². The molecule has 1 atom stereocenters. The van der Waals surface area contributed by atoms with Crippen LogP contribution in [0.1, 0.15) is 22.3 Å². The average Bonchev–Trinajstić information content (AvgIpc) is 3.00. The average molecular weight is 436 g/mol. The van der Waals surface area contributed by atoms with Crippen molar-refractivity contribution in [1.82, 2.24) is 15.1 Å². The van der Waals surface area contributed by atoms with Crippen molar-refractivity contribution in [3.63, 3.8) is 0 Å². The number of benzene rings is 1. The van der Waals surface area contributed by atoms with E-state index in [9.17, 15) is 4.79 Å². The maximum atomic E-state index is 12.6. The SMILES string of the molecule is Cc1ccc(C(=O)N2CCC(N3CCNCC3)C2)cc1I.Cl. The van der Waals surface area contributed by atoms with Gasteiger partial charge in [-0.2, -0.15) is 0 Å². The van der Waals surface area contributed by atoms with Crippen LogP contribution >= 0.6 is 35.0 Å². The summed E-state index contributed by atoms with van der Waals surface area (Å²) in [5, 5.41) is 3.39. The van der Waals surface area contributed by atoms with E-state index in [1.54, 1.807) is 0 Å². The molecule has 2 aliphatic heterocycles. The highest BCUT2D eigenvalue weighted by Gasteiger charge is 2.31. The van der Waals surface area contributed by atoms with Gasteiger partial charge < -0.3 is 10.2 Å². The zero-order valence-corrected chi connectivity index (χ0v) is 15.8. The number of nitrogens with one attached hydrogen (secondary N) is 1. The van der Waals surface area contributed by atoms with Gasteiger partial charge in [0.05, 0.1) is 0 Å². The molecule has 3 rings (SSSR count). The van der Waals surface area contributed by atoms with Crippen molar-refractivity contribution >= 4 is 40.9 Å². The molecule has 0 aliphatic carbocycles. The van der Waals surface area contributed by atoms with Crippen molar-refractivity contribution < 1.29 is 4.79 Å². The molecule has 0 saturated carbocycles. The summed E-state index contributed by atoms with van der Waals surface area (Å²) in [5.74, 6) is 0.186. The molecule has 22 heavy (non-hydrogen) atoms. The lowest BCUT2D eigenvalue weighted by Gasteiger charge is -2.32. The Morgan fingerprint density at radius 2 is 2.00 bits per heavy atom. The third kappa shape index (κ3) is 3.93. The van der Waals surface area contributed by atoms with Gasteiger partial charge in [-0.3, -0.25) is 9.69 Å². The molecule has 1 amide bonds. The van der Waals surface area contributed by atoms with E-state index in [0.717, 1.165) is 54.8 Å². The van der Waals surface area contributed by atoms with Gasteiger partial charge in [0.1, 0.15) is 0 Å². The van der Waals surface area contributed by atoms with E-state index in [2.05, 4.69) is 39.7 Å². The quantitative estimate of drug-likeness (QED) is 0.723. The summed E-state index contributed by atoms with van der Waals surface area (Å²) in [6, 6.07) is 6.55. The largest absolute Gasteiger partial charge is 0.337 e. The Labute approximate surface area is 152 Å². The molecular formula is C16H23ClIN3O. The molecule has 1 aromatic rings. The highest BCUT2D eigenvalue weighted by atomic mass is 127. The second-order valence-corrected chi connectivity index (χ2v) is 7.11.